The average molecular weight is 277 g/mol. The lowest BCUT2D eigenvalue weighted by molar-refractivity contribution is 0.190. The van der Waals surface area contributed by atoms with Crippen LogP contribution in [0.5, 0.6) is 5.75 Å². The summed E-state index contributed by atoms with van der Waals surface area (Å²) in [6, 6.07) is 7.55. The summed E-state index contributed by atoms with van der Waals surface area (Å²) in [6.45, 7) is 6.44. The summed E-state index contributed by atoms with van der Waals surface area (Å²) < 4.78 is 5.76. The van der Waals surface area contributed by atoms with Gasteiger partial charge in [-0.15, -0.1) is 11.3 Å². The van der Waals surface area contributed by atoms with Crippen LogP contribution in [0.15, 0.2) is 29.6 Å². The van der Waals surface area contributed by atoms with E-state index >= 15 is 0 Å². The number of hydrogen-bond acceptors (Lipinski definition) is 4. The van der Waals surface area contributed by atoms with Crippen molar-refractivity contribution in [2.75, 3.05) is 0 Å². The minimum Gasteiger partial charge on any atom is -0.487 e. The first-order valence-corrected chi connectivity index (χ1v) is 7.30. The van der Waals surface area contributed by atoms with Crippen LogP contribution in [-0.2, 0) is 6.61 Å². The maximum absolute atomic E-state index is 9.69. The molecule has 0 amide bonds. The molecule has 0 saturated carbocycles. The summed E-state index contributed by atoms with van der Waals surface area (Å²) >= 11 is 1.66. The standard InChI is InChI=1S/C15H19NO2S/c1-10(2)15-16-12(9-19-15)8-18-14-7-5-4-6-13(14)11(3)17/h4-7,9-11,17H,8H2,1-3H3/t11-/m1/s1. The number of ether oxygens (including phenoxy) is 1. The molecule has 0 fully saturated rings. The minimum absolute atomic E-state index is 0.437. The second-order valence-electron chi connectivity index (χ2n) is 4.83. The Hall–Kier alpha value is -1.39. The van der Waals surface area contributed by atoms with Crippen molar-refractivity contribution >= 4 is 11.3 Å². The highest BCUT2D eigenvalue weighted by atomic mass is 32.1. The molecule has 1 aromatic carbocycles. The van der Waals surface area contributed by atoms with E-state index in [0.29, 0.717) is 12.5 Å². The first kappa shape index (κ1) is 14.0. The fourth-order valence-electron chi connectivity index (χ4n) is 1.76. The molecule has 0 spiro atoms. The second-order valence-corrected chi connectivity index (χ2v) is 5.72. The zero-order valence-corrected chi connectivity index (χ0v) is 12.3. The summed E-state index contributed by atoms with van der Waals surface area (Å²) in [5, 5.41) is 12.8. The molecule has 1 N–H and O–H groups in total. The molecular formula is C15H19NO2S. The van der Waals surface area contributed by atoms with E-state index in [1.165, 1.54) is 0 Å². The van der Waals surface area contributed by atoms with Gasteiger partial charge in [0, 0.05) is 16.9 Å². The van der Waals surface area contributed by atoms with Gasteiger partial charge in [-0.2, -0.15) is 0 Å². The Kier molecular flexibility index (Phi) is 4.56. The van der Waals surface area contributed by atoms with E-state index in [0.717, 1.165) is 22.0 Å². The van der Waals surface area contributed by atoms with Gasteiger partial charge in [-0.3, -0.25) is 0 Å². The Morgan fingerprint density at radius 2 is 2.00 bits per heavy atom. The summed E-state index contributed by atoms with van der Waals surface area (Å²) in [7, 11) is 0. The predicted molar refractivity (Wildman–Crippen MR) is 77.6 cm³/mol. The van der Waals surface area contributed by atoms with Crippen LogP contribution in [0.25, 0.3) is 0 Å². The topological polar surface area (TPSA) is 42.4 Å². The Morgan fingerprint density at radius 3 is 2.63 bits per heavy atom. The molecule has 2 aromatic rings. The van der Waals surface area contributed by atoms with Crippen molar-refractivity contribution in [3.8, 4) is 5.75 Å². The van der Waals surface area contributed by atoms with Crippen LogP contribution in [0.1, 0.15) is 49.1 Å². The highest BCUT2D eigenvalue weighted by molar-refractivity contribution is 7.09. The van der Waals surface area contributed by atoms with Gasteiger partial charge in [-0.1, -0.05) is 32.0 Å². The summed E-state index contributed by atoms with van der Waals surface area (Å²) in [5.41, 5.74) is 1.75. The molecule has 19 heavy (non-hydrogen) atoms. The maximum Gasteiger partial charge on any atom is 0.131 e. The lowest BCUT2D eigenvalue weighted by atomic mass is 10.1. The Bertz CT molecular complexity index is 534. The molecule has 1 atom stereocenters. The smallest absolute Gasteiger partial charge is 0.131 e. The molecular weight excluding hydrogens is 258 g/mol. The van der Waals surface area contributed by atoms with Gasteiger partial charge >= 0.3 is 0 Å². The van der Waals surface area contributed by atoms with Crippen molar-refractivity contribution in [2.45, 2.75) is 39.4 Å². The number of aliphatic hydroxyl groups excluding tert-OH is 1. The van der Waals surface area contributed by atoms with Crippen molar-refractivity contribution in [2.24, 2.45) is 0 Å². The van der Waals surface area contributed by atoms with Gasteiger partial charge in [-0.25, -0.2) is 4.98 Å². The van der Waals surface area contributed by atoms with Gasteiger partial charge in [0.25, 0.3) is 0 Å². The van der Waals surface area contributed by atoms with Crippen LogP contribution >= 0.6 is 11.3 Å². The lowest BCUT2D eigenvalue weighted by Gasteiger charge is -2.12. The van der Waals surface area contributed by atoms with Crippen LogP contribution in [0, 0.1) is 0 Å². The monoisotopic (exact) mass is 277 g/mol. The van der Waals surface area contributed by atoms with Gasteiger partial charge in [0.2, 0.25) is 0 Å². The molecule has 2 rings (SSSR count). The number of para-hydroxylation sites is 1. The zero-order chi connectivity index (χ0) is 13.8. The Labute approximate surface area is 117 Å². The Morgan fingerprint density at radius 1 is 1.26 bits per heavy atom. The number of aromatic nitrogens is 1. The van der Waals surface area contributed by atoms with Gasteiger partial charge in [0.05, 0.1) is 16.8 Å². The molecule has 0 radical (unpaired) electrons. The molecule has 4 heteroatoms. The summed E-state index contributed by atoms with van der Waals surface area (Å²) in [6.07, 6.45) is -0.530. The fraction of sp³-hybridized carbons (Fsp3) is 0.400. The quantitative estimate of drug-likeness (QED) is 0.901. The fourth-order valence-corrected chi connectivity index (χ4v) is 2.58. The van der Waals surface area contributed by atoms with Crippen molar-refractivity contribution < 1.29 is 9.84 Å². The largest absolute Gasteiger partial charge is 0.487 e. The minimum atomic E-state index is -0.530. The number of aliphatic hydroxyl groups is 1. The molecule has 0 aliphatic heterocycles. The SMILES string of the molecule is CC(C)c1nc(COc2ccccc2[C@@H](C)O)cs1. The molecule has 1 aromatic heterocycles. The van der Waals surface area contributed by atoms with Gasteiger partial charge in [-0.05, 0) is 13.0 Å². The van der Waals surface area contributed by atoms with E-state index in [1.54, 1.807) is 18.3 Å². The van der Waals surface area contributed by atoms with Gasteiger partial charge < -0.3 is 9.84 Å². The molecule has 0 aliphatic rings. The van der Waals surface area contributed by atoms with Crippen molar-refractivity contribution in [3.05, 3.63) is 45.9 Å². The molecule has 0 bridgehead atoms. The van der Waals surface area contributed by atoms with Crippen LogP contribution < -0.4 is 4.74 Å². The van der Waals surface area contributed by atoms with E-state index < -0.39 is 6.10 Å². The maximum atomic E-state index is 9.69. The van der Waals surface area contributed by atoms with Crippen molar-refractivity contribution in [3.63, 3.8) is 0 Å². The van der Waals surface area contributed by atoms with Crippen LogP contribution in [0.3, 0.4) is 0 Å². The normalized spacial score (nSPS) is 12.7. The molecule has 1 heterocycles. The third-order valence-electron chi connectivity index (χ3n) is 2.81. The van der Waals surface area contributed by atoms with E-state index in [9.17, 15) is 5.11 Å². The van der Waals surface area contributed by atoms with Crippen LogP contribution in [0.2, 0.25) is 0 Å². The molecule has 102 valence electrons. The van der Waals surface area contributed by atoms with E-state index in [1.807, 2.05) is 29.6 Å². The number of hydrogen-bond donors (Lipinski definition) is 1. The highest BCUT2D eigenvalue weighted by Gasteiger charge is 2.10. The van der Waals surface area contributed by atoms with Gasteiger partial charge in [0.15, 0.2) is 0 Å². The van der Waals surface area contributed by atoms with E-state index in [-0.39, 0.29) is 0 Å². The molecule has 0 saturated heterocycles. The van der Waals surface area contributed by atoms with Crippen LogP contribution in [-0.4, -0.2) is 10.1 Å². The lowest BCUT2D eigenvalue weighted by Crippen LogP contribution is -2.01. The number of rotatable bonds is 5. The van der Waals surface area contributed by atoms with Crippen molar-refractivity contribution in [1.29, 1.82) is 0 Å². The van der Waals surface area contributed by atoms with Crippen molar-refractivity contribution in [1.82, 2.24) is 4.98 Å². The summed E-state index contributed by atoms with van der Waals surface area (Å²) in [5.74, 6) is 1.17. The molecule has 3 nitrogen and oxygen atoms in total. The summed E-state index contributed by atoms with van der Waals surface area (Å²) in [4.78, 5) is 4.53. The number of thiazole rings is 1. The first-order chi connectivity index (χ1) is 9.08. The Balaban J connectivity index is 2.06. The third kappa shape index (κ3) is 3.55. The average Bonchev–Trinajstić information content (AvgIpc) is 2.85. The van der Waals surface area contributed by atoms with Crippen LogP contribution in [0.4, 0.5) is 0 Å². The van der Waals surface area contributed by atoms with E-state index in [2.05, 4.69) is 18.8 Å². The van der Waals surface area contributed by atoms with Gasteiger partial charge in [0.1, 0.15) is 12.4 Å². The molecule has 0 unspecified atom stereocenters. The number of nitrogens with zero attached hydrogens (tertiary/aromatic N) is 1. The predicted octanol–water partition coefficient (Wildman–Crippen LogP) is 3.90. The number of benzene rings is 1. The highest BCUT2D eigenvalue weighted by Crippen LogP contribution is 2.26. The zero-order valence-electron chi connectivity index (χ0n) is 11.5. The van der Waals surface area contributed by atoms with E-state index in [4.69, 9.17) is 4.74 Å². The second kappa shape index (κ2) is 6.17. The third-order valence-corrected chi connectivity index (χ3v) is 4.00. The first-order valence-electron chi connectivity index (χ1n) is 6.42. The molecule has 0 aliphatic carbocycles.